The lowest BCUT2D eigenvalue weighted by molar-refractivity contribution is -0.126. The monoisotopic (exact) mass is 353 g/mol. The van der Waals surface area contributed by atoms with Crippen LogP contribution in [0.3, 0.4) is 0 Å². The van der Waals surface area contributed by atoms with Gasteiger partial charge in [-0.25, -0.2) is 9.67 Å². The van der Waals surface area contributed by atoms with Crippen LogP contribution in [0.25, 0.3) is 0 Å². The normalized spacial score (nSPS) is 14.6. The molecule has 3 atom stereocenters. The van der Waals surface area contributed by atoms with Gasteiger partial charge in [0.15, 0.2) is 0 Å². The summed E-state index contributed by atoms with van der Waals surface area (Å²) in [7, 11) is 1.91. The van der Waals surface area contributed by atoms with Crippen LogP contribution in [0.15, 0.2) is 49.1 Å². The van der Waals surface area contributed by atoms with Gasteiger partial charge in [0, 0.05) is 19.4 Å². The minimum atomic E-state index is -0.485. The summed E-state index contributed by atoms with van der Waals surface area (Å²) in [5.74, 6) is 0.712. The van der Waals surface area contributed by atoms with Gasteiger partial charge >= 0.3 is 0 Å². The Hall–Kier alpha value is -3.03. The average Bonchev–Trinajstić information content (AvgIpc) is 3.32. The number of hydrogen-bond acceptors (Lipinski definition) is 5. The number of aromatic nitrogens is 6. The minimum absolute atomic E-state index is 0.0799. The molecule has 1 amide bonds. The van der Waals surface area contributed by atoms with Crippen LogP contribution < -0.4 is 5.32 Å². The maximum absolute atomic E-state index is 13.2. The number of carbonyl (C=O) groups excluding carboxylic acids is 1. The molecular weight excluding hydrogens is 330 g/mol. The van der Waals surface area contributed by atoms with E-state index in [2.05, 4.69) is 25.8 Å². The van der Waals surface area contributed by atoms with E-state index in [1.54, 1.807) is 6.20 Å². The molecule has 8 nitrogen and oxygen atoms in total. The Morgan fingerprint density at radius 3 is 2.62 bits per heavy atom. The fourth-order valence-electron chi connectivity index (χ4n) is 2.98. The highest BCUT2D eigenvalue weighted by Gasteiger charge is 2.30. The topological polar surface area (TPSA) is 90.5 Å². The summed E-state index contributed by atoms with van der Waals surface area (Å²) in [4.78, 5) is 17.6. The smallest absolute Gasteiger partial charge is 0.246 e. The van der Waals surface area contributed by atoms with Crippen LogP contribution in [-0.2, 0) is 11.8 Å². The minimum Gasteiger partial charge on any atom is -0.340 e. The summed E-state index contributed by atoms with van der Waals surface area (Å²) in [5, 5.41) is 14.4. The number of tetrazole rings is 1. The summed E-state index contributed by atoms with van der Waals surface area (Å²) in [5.41, 5.74) is 0.967. The predicted molar refractivity (Wildman–Crippen MR) is 95.9 cm³/mol. The second kappa shape index (κ2) is 7.90. The highest BCUT2D eigenvalue weighted by atomic mass is 16.2. The number of amides is 1. The Morgan fingerprint density at radius 2 is 2.04 bits per heavy atom. The van der Waals surface area contributed by atoms with Crippen molar-refractivity contribution in [1.29, 1.82) is 0 Å². The Labute approximate surface area is 152 Å². The van der Waals surface area contributed by atoms with Crippen LogP contribution >= 0.6 is 0 Å². The van der Waals surface area contributed by atoms with E-state index in [1.165, 1.54) is 11.0 Å². The molecule has 0 aliphatic carbocycles. The number of imidazole rings is 1. The summed E-state index contributed by atoms with van der Waals surface area (Å²) in [6.45, 7) is 4.06. The molecule has 2 aromatic heterocycles. The number of carbonyl (C=O) groups is 1. The second-order valence-corrected chi connectivity index (χ2v) is 6.37. The summed E-state index contributed by atoms with van der Waals surface area (Å²) < 4.78 is 3.43. The van der Waals surface area contributed by atoms with E-state index < -0.39 is 6.04 Å². The standard InChI is InChI=1S/C18H23N7O/c1-4-13(2)16(25-12-20-22-23-25)18(26)21-15(14-8-6-5-7-9-14)17-19-10-11-24(17)3/h5-13,15-16H,4H2,1-3H3,(H,21,26)/t13-,15-,16-/m0/s1. The van der Waals surface area contributed by atoms with Gasteiger partial charge < -0.3 is 9.88 Å². The quantitative estimate of drug-likeness (QED) is 0.700. The molecule has 0 fully saturated rings. The van der Waals surface area contributed by atoms with Crippen LogP contribution in [0.4, 0.5) is 0 Å². The van der Waals surface area contributed by atoms with E-state index in [1.807, 2.05) is 62.0 Å². The lowest BCUT2D eigenvalue weighted by atomic mass is 9.97. The van der Waals surface area contributed by atoms with Crippen molar-refractivity contribution in [3.8, 4) is 0 Å². The number of nitrogens with zero attached hydrogens (tertiary/aromatic N) is 6. The number of benzene rings is 1. The van der Waals surface area contributed by atoms with Crippen molar-refractivity contribution < 1.29 is 4.79 Å². The SMILES string of the molecule is CC[C@H](C)[C@@H](C(=O)N[C@@H](c1ccccc1)c1nccn1C)n1cnnn1. The molecule has 3 rings (SSSR count). The van der Waals surface area contributed by atoms with Gasteiger partial charge in [-0.1, -0.05) is 50.6 Å². The van der Waals surface area contributed by atoms with Crippen LogP contribution in [0.1, 0.15) is 43.7 Å². The van der Waals surface area contributed by atoms with Gasteiger partial charge in [-0.05, 0) is 21.9 Å². The summed E-state index contributed by atoms with van der Waals surface area (Å²) >= 11 is 0. The molecular formula is C18H23N7O. The van der Waals surface area contributed by atoms with E-state index >= 15 is 0 Å². The third kappa shape index (κ3) is 3.63. The van der Waals surface area contributed by atoms with Crippen molar-refractivity contribution >= 4 is 5.91 Å². The lowest BCUT2D eigenvalue weighted by Crippen LogP contribution is -2.39. The first-order valence-corrected chi connectivity index (χ1v) is 8.66. The van der Waals surface area contributed by atoms with Crippen molar-refractivity contribution in [3.63, 3.8) is 0 Å². The van der Waals surface area contributed by atoms with Crippen molar-refractivity contribution in [2.75, 3.05) is 0 Å². The van der Waals surface area contributed by atoms with E-state index in [0.29, 0.717) is 0 Å². The molecule has 0 unspecified atom stereocenters. The van der Waals surface area contributed by atoms with Gasteiger partial charge in [0.05, 0.1) is 0 Å². The number of rotatable bonds is 7. The van der Waals surface area contributed by atoms with Gasteiger partial charge in [0.2, 0.25) is 5.91 Å². The van der Waals surface area contributed by atoms with E-state index in [0.717, 1.165) is 17.8 Å². The zero-order chi connectivity index (χ0) is 18.5. The van der Waals surface area contributed by atoms with Crippen molar-refractivity contribution in [2.45, 2.75) is 32.4 Å². The van der Waals surface area contributed by atoms with E-state index in [9.17, 15) is 4.79 Å². The Kier molecular flexibility index (Phi) is 5.40. The maximum atomic E-state index is 13.2. The molecule has 1 aromatic carbocycles. The van der Waals surface area contributed by atoms with E-state index in [4.69, 9.17) is 0 Å². The molecule has 26 heavy (non-hydrogen) atoms. The molecule has 8 heteroatoms. The molecule has 2 heterocycles. The number of nitrogens with one attached hydrogen (secondary N) is 1. The molecule has 136 valence electrons. The number of hydrogen-bond donors (Lipinski definition) is 1. The van der Waals surface area contributed by atoms with Gasteiger partial charge in [0.1, 0.15) is 24.2 Å². The molecule has 0 aliphatic heterocycles. The average molecular weight is 353 g/mol. The Bertz CT molecular complexity index is 828. The molecule has 0 saturated carbocycles. The highest BCUT2D eigenvalue weighted by molar-refractivity contribution is 5.81. The molecule has 0 saturated heterocycles. The maximum Gasteiger partial charge on any atom is 0.246 e. The molecule has 0 spiro atoms. The van der Waals surface area contributed by atoms with Crippen LogP contribution in [-0.4, -0.2) is 35.7 Å². The first-order chi connectivity index (χ1) is 12.6. The van der Waals surface area contributed by atoms with Gasteiger partial charge in [-0.15, -0.1) is 5.10 Å². The van der Waals surface area contributed by atoms with E-state index in [-0.39, 0.29) is 17.9 Å². The fraction of sp³-hybridized carbons (Fsp3) is 0.389. The van der Waals surface area contributed by atoms with Crippen molar-refractivity contribution in [1.82, 2.24) is 35.1 Å². The highest BCUT2D eigenvalue weighted by Crippen LogP contribution is 2.24. The largest absolute Gasteiger partial charge is 0.340 e. The summed E-state index contributed by atoms with van der Waals surface area (Å²) in [6, 6.07) is 8.97. The lowest BCUT2D eigenvalue weighted by Gasteiger charge is -2.25. The van der Waals surface area contributed by atoms with Crippen LogP contribution in [0.2, 0.25) is 0 Å². The van der Waals surface area contributed by atoms with Crippen LogP contribution in [0.5, 0.6) is 0 Å². The third-order valence-corrected chi connectivity index (χ3v) is 4.64. The summed E-state index contributed by atoms with van der Waals surface area (Å²) in [6.07, 6.45) is 5.90. The molecule has 0 bridgehead atoms. The van der Waals surface area contributed by atoms with Crippen molar-refractivity contribution in [3.05, 3.63) is 60.4 Å². The zero-order valence-corrected chi connectivity index (χ0v) is 15.1. The molecule has 0 radical (unpaired) electrons. The second-order valence-electron chi connectivity index (χ2n) is 6.37. The first kappa shape index (κ1) is 17.8. The Balaban J connectivity index is 1.93. The predicted octanol–water partition coefficient (Wildman–Crippen LogP) is 1.90. The van der Waals surface area contributed by atoms with Gasteiger partial charge in [-0.2, -0.15) is 0 Å². The molecule has 1 N–H and O–H groups in total. The van der Waals surface area contributed by atoms with Crippen LogP contribution in [0, 0.1) is 5.92 Å². The first-order valence-electron chi connectivity index (χ1n) is 8.66. The fourth-order valence-corrected chi connectivity index (χ4v) is 2.98. The third-order valence-electron chi connectivity index (χ3n) is 4.64. The Morgan fingerprint density at radius 1 is 1.27 bits per heavy atom. The van der Waals surface area contributed by atoms with Gasteiger partial charge in [0.25, 0.3) is 0 Å². The van der Waals surface area contributed by atoms with Gasteiger partial charge in [-0.3, -0.25) is 4.79 Å². The van der Waals surface area contributed by atoms with Crippen molar-refractivity contribution in [2.24, 2.45) is 13.0 Å². The molecule has 0 aliphatic rings. The number of aryl methyl sites for hydroxylation is 1. The zero-order valence-electron chi connectivity index (χ0n) is 15.1. The molecule has 3 aromatic rings.